The Bertz CT molecular complexity index is 769. The van der Waals surface area contributed by atoms with Crippen molar-refractivity contribution in [3.8, 4) is 0 Å². The van der Waals surface area contributed by atoms with Gasteiger partial charge >= 0.3 is 5.91 Å². The van der Waals surface area contributed by atoms with Crippen molar-refractivity contribution in [2.24, 2.45) is 0 Å². The van der Waals surface area contributed by atoms with Crippen molar-refractivity contribution in [3.63, 3.8) is 0 Å². The van der Waals surface area contributed by atoms with Crippen LogP contribution in [0.15, 0.2) is 41.2 Å². The van der Waals surface area contributed by atoms with Gasteiger partial charge in [0.1, 0.15) is 5.52 Å². The van der Waals surface area contributed by atoms with Crippen LogP contribution in [0.1, 0.15) is 10.5 Å². The molecule has 0 aliphatic heterocycles. The summed E-state index contributed by atoms with van der Waals surface area (Å²) < 4.78 is 1.15. The van der Waals surface area contributed by atoms with Crippen LogP contribution in [-0.4, -0.2) is 31.1 Å². The molecule has 0 aliphatic rings. The summed E-state index contributed by atoms with van der Waals surface area (Å²) in [5.41, 5.74) is 0.950. The van der Waals surface area contributed by atoms with E-state index >= 15 is 0 Å². The fourth-order valence-corrected chi connectivity index (χ4v) is 1.59. The zero-order valence-electron chi connectivity index (χ0n) is 9.07. The van der Waals surface area contributed by atoms with Crippen molar-refractivity contribution in [3.05, 3.63) is 52.4 Å². The first-order valence-electron chi connectivity index (χ1n) is 5.16. The van der Waals surface area contributed by atoms with E-state index in [0.29, 0.717) is 11.0 Å². The van der Waals surface area contributed by atoms with Crippen molar-refractivity contribution < 1.29 is 4.79 Å². The number of H-pyrrole nitrogens is 1. The predicted molar refractivity (Wildman–Crippen MR) is 62.1 cm³/mol. The van der Waals surface area contributed by atoms with E-state index in [9.17, 15) is 9.59 Å². The number of carbonyl (C=O) groups excluding carboxylic acids is 1. The molecule has 0 saturated carbocycles. The van der Waals surface area contributed by atoms with Crippen LogP contribution in [0, 0.1) is 0 Å². The van der Waals surface area contributed by atoms with Crippen molar-refractivity contribution in [1.29, 1.82) is 0 Å². The molecular weight excluding hydrogens is 234 g/mol. The molecule has 0 atom stereocenters. The highest BCUT2D eigenvalue weighted by atomic mass is 16.2. The van der Waals surface area contributed by atoms with E-state index < -0.39 is 5.91 Å². The van der Waals surface area contributed by atoms with Gasteiger partial charge < -0.3 is 0 Å². The summed E-state index contributed by atoms with van der Waals surface area (Å²) >= 11 is 0. The standard InChI is InChI=1S/C11H7N5O2/c17-10-6-5-8(12-14-10)11(18)16-9-4-2-1-3-7(9)13-15-16/h1-6H,(H,14,17). The molecule has 0 unspecified atom stereocenters. The Morgan fingerprint density at radius 3 is 2.78 bits per heavy atom. The number of hydrogen-bond acceptors (Lipinski definition) is 5. The fourth-order valence-electron chi connectivity index (χ4n) is 1.59. The Labute approximate surface area is 100 Å². The molecular formula is C11H7N5O2. The van der Waals surface area contributed by atoms with Gasteiger partial charge in [-0.15, -0.1) is 5.10 Å². The molecule has 0 bridgehead atoms. The van der Waals surface area contributed by atoms with Crippen LogP contribution in [-0.2, 0) is 0 Å². The molecule has 2 aromatic heterocycles. The number of aromatic nitrogens is 5. The highest BCUT2D eigenvalue weighted by Gasteiger charge is 2.14. The average molecular weight is 241 g/mol. The summed E-state index contributed by atoms with van der Waals surface area (Å²) in [4.78, 5) is 23.0. The van der Waals surface area contributed by atoms with Gasteiger partial charge in [0.15, 0.2) is 5.69 Å². The molecule has 3 aromatic rings. The quantitative estimate of drug-likeness (QED) is 0.657. The number of para-hydroxylation sites is 1. The highest BCUT2D eigenvalue weighted by molar-refractivity contribution is 5.98. The lowest BCUT2D eigenvalue weighted by molar-refractivity contribution is 0.0942. The van der Waals surface area contributed by atoms with Gasteiger partial charge in [-0.05, 0) is 18.2 Å². The summed E-state index contributed by atoms with van der Waals surface area (Å²) in [6, 6.07) is 9.67. The molecule has 7 nitrogen and oxygen atoms in total. The third kappa shape index (κ3) is 1.58. The maximum atomic E-state index is 12.1. The van der Waals surface area contributed by atoms with E-state index in [4.69, 9.17) is 0 Å². The molecule has 7 heteroatoms. The maximum Gasteiger partial charge on any atom is 0.300 e. The lowest BCUT2D eigenvalue weighted by Gasteiger charge is -1.99. The van der Waals surface area contributed by atoms with Gasteiger partial charge in [-0.25, -0.2) is 5.10 Å². The molecule has 18 heavy (non-hydrogen) atoms. The Morgan fingerprint density at radius 1 is 1.17 bits per heavy atom. The molecule has 1 N–H and O–H groups in total. The summed E-state index contributed by atoms with van der Waals surface area (Å²) in [6.45, 7) is 0. The van der Waals surface area contributed by atoms with Crippen LogP contribution >= 0.6 is 0 Å². The first-order chi connectivity index (χ1) is 8.75. The topological polar surface area (TPSA) is 93.5 Å². The van der Waals surface area contributed by atoms with Crippen molar-refractivity contribution in [1.82, 2.24) is 25.2 Å². The Balaban J connectivity index is 2.12. The normalized spacial score (nSPS) is 10.7. The smallest absolute Gasteiger partial charge is 0.268 e. The zero-order valence-corrected chi connectivity index (χ0v) is 9.07. The largest absolute Gasteiger partial charge is 0.300 e. The Kier molecular flexibility index (Phi) is 2.23. The Hall–Kier alpha value is -2.83. The second-order valence-electron chi connectivity index (χ2n) is 3.60. The molecule has 0 aliphatic carbocycles. The molecule has 0 saturated heterocycles. The van der Waals surface area contributed by atoms with Gasteiger partial charge in [-0.2, -0.15) is 9.78 Å². The van der Waals surface area contributed by atoms with E-state index in [-0.39, 0.29) is 11.3 Å². The second kappa shape index (κ2) is 3.88. The van der Waals surface area contributed by atoms with E-state index in [1.54, 1.807) is 18.2 Å². The van der Waals surface area contributed by atoms with Gasteiger partial charge in [0.05, 0.1) is 5.52 Å². The van der Waals surface area contributed by atoms with E-state index in [0.717, 1.165) is 4.68 Å². The SMILES string of the molecule is O=C(c1ccc(=O)[nH]n1)n1nnc2ccccc21. The van der Waals surface area contributed by atoms with E-state index in [1.165, 1.54) is 12.1 Å². The third-order valence-corrected chi connectivity index (χ3v) is 2.44. The fraction of sp³-hybridized carbons (Fsp3) is 0. The molecule has 1 aromatic carbocycles. The van der Waals surface area contributed by atoms with Gasteiger partial charge in [0.2, 0.25) is 0 Å². The van der Waals surface area contributed by atoms with Crippen molar-refractivity contribution >= 4 is 16.9 Å². The first-order valence-corrected chi connectivity index (χ1v) is 5.16. The summed E-state index contributed by atoms with van der Waals surface area (Å²) in [6.07, 6.45) is 0. The maximum absolute atomic E-state index is 12.1. The minimum atomic E-state index is -0.444. The number of rotatable bonds is 1. The van der Waals surface area contributed by atoms with Crippen LogP contribution < -0.4 is 5.56 Å². The number of fused-ring (bicyclic) bond motifs is 1. The number of hydrogen-bond donors (Lipinski definition) is 1. The molecule has 0 amide bonds. The Morgan fingerprint density at radius 2 is 2.00 bits per heavy atom. The monoisotopic (exact) mass is 241 g/mol. The summed E-state index contributed by atoms with van der Waals surface area (Å²) in [5, 5.41) is 13.5. The lowest BCUT2D eigenvalue weighted by atomic mass is 10.3. The second-order valence-corrected chi connectivity index (χ2v) is 3.60. The van der Waals surface area contributed by atoms with Crippen LogP contribution in [0.5, 0.6) is 0 Å². The summed E-state index contributed by atoms with van der Waals surface area (Å²) in [7, 11) is 0. The first kappa shape index (κ1) is 10.3. The van der Waals surface area contributed by atoms with Gasteiger partial charge in [0, 0.05) is 6.07 Å². The van der Waals surface area contributed by atoms with Crippen LogP contribution in [0.4, 0.5) is 0 Å². The summed E-state index contributed by atoms with van der Waals surface area (Å²) in [5.74, 6) is -0.444. The molecule has 0 fully saturated rings. The van der Waals surface area contributed by atoms with Gasteiger partial charge in [-0.3, -0.25) is 9.59 Å². The van der Waals surface area contributed by atoms with Gasteiger partial charge in [-0.1, -0.05) is 17.3 Å². The van der Waals surface area contributed by atoms with E-state index in [1.807, 2.05) is 6.07 Å². The highest BCUT2D eigenvalue weighted by Crippen LogP contribution is 2.10. The molecule has 3 rings (SSSR count). The van der Waals surface area contributed by atoms with Crippen molar-refractivity contribution in [2.45, 2.75) is 0 Å². The number of nitrogens with zero attached hydrogens (tertiary/aromatic N) is 4. The minimum absolute atomic E-state index is 0.102. The predicted octanol–water partition coefficient (Wildman–Crippen LogP) is 0.203. The average Bonchev–Trinajstić information content (AvgIpc) is 2.82. The molecule has 2 heterocycles. The van der Waals surface area contributed by atoms with Crippen LogP contribution in [0.3, 0.4) is 0 Å². The number of carbonyl (C=O) groups is 1. The van der Waals surface area contributed by atoms with Crippen LogP contribution in [0.25, 0.3) is 11.0 Å². The zero-order chi connectivity index (χ0) is 12.5. The van der Waals surface area contributed by atoms with Crippen molar-refractivity contribution in [2.75, 3.05) is 0 Å². The molecule has 0 spiro atoms. The molecule has 88 valence electrons. The number of benzene rings is 1. The van der Waals surface area contributed by atoms with Crippen LogP contribution in [0.2, 0.25) is 0 Å². The lowest BCUT2D eigenvalue weighted by Crippen LogP contribution is -2.18. The minimum Gasteiger partial charge on any atom is -0.268 e. The van der Waals surface area contributed by atoms with E-state index in [2.05, 4.69) is 20.5 Å². The van der Waals surface area contributed by atoms with Gasteiger partial charge in [0.25, 0.3) is 5.56 Å². The number of aromatic amines is 1. The molecule has 0 radical (unpaired) electrons. The third-order valence-electron chi connectivity index (χ3n) is 2.44. The number of nitrogens with one attached hydrogen (secondary N) is 1.